The minimum atomic E-state index is -0.726. The van der Waals surface area contributed by atoms with Gasteiger partial charge < -0.3 is 38.6 Å². The SMILES string of the molecule is CCOCC(O)COc1c(CC2CO2)ccc2c(OCC3CO3)c(CC(O)COCC)ccc12. The highest BCUT2D eigenvalue weighted by Gasteiger charge is 2.27. The molecule has 4 unspecified atom stereocenters. The van der Waals surface area contributed by atoms with Crippen LogP contribution in [0.2, 0.25) is 0 Å². The van der Waals surface area contributed by atoms with Crippen molar-refractivity contribution in [2.75, 3.05) is 52.9 Å². The second kappa shape index (κ2) is 12.2. The second-order valence-corrected chi connectivity index (χ2v) is 8.77. The van der Waals surface area contributed by atoms with E-state index in [4.69, 9.17) is 28.4 Å². The number of aliphatic hydroxyl groups excluding tert-OH is 2. The van der Waals surface area contributed by atoms with E-state index in [1.165, 1.54) is 0 Å². The second-order valence-electron chi connectivity index (χ2n) is 8.77. The molecule has 2 N–H and O–H groups in total. The number of hydrogen-bond acceptors (Lipinski definition) is 8. The van der Waals surface area contributed by atoms with E-state index in [1.54, 1.807) is 0 Å². The van der Waals surface area contributed by atoms with Crippen molar-refractivity contribution in [1.82, 2.24) is 0 Å². The van der Waals surface area contributed by atoms with Crippen molar-refractivity contribution in [2.24, 2.45) is 0 Å². The topological polar surface area (TPSA) is 102 Å². The Bertz CT molecular complexity index is 925. The Morgan fingerprint density at radius 2 is 1.38 bits per heavy atom. The summed E-state index contributed by atoms with van der Waals surface area (Å²) < 4.78 is 33.9. The predicted molar refractivity (Wildman–Crippen MR) is 127 cm³/mol. The van der Waals surface area contributed by atoms with Crippen molar-refractivity contribution in [3.8, 4) is 11.5 Å². The molecular formula is C26H36O8. The summed E-state index contributed by atoms with van der Waals surface area (Å²) in [4.78, 5) is 0. The zero-order chi connectivity index (χ0) is 23.9. The first-order valence-corrected chi connectivity index (χ1v) is 12.2. The van der Waals surface area contributed by atoms with E-state index in [-0.39, 0.29) is 32.0 Å². The summed E-state index contributed by atoms with van der Waals surface area (Å²) in [6.07, 6.45) is 0.102. The molecule has 2 aliphatic rings. The lowest BCUT2D eigenvalue weighted by molar-refractivity contribution is 0.0165. The number of epoxide rings is 2. The molecule has 0 radical (unpaired) electrons. The Hall–Kier alpha value is -1.94. The van der Waals surface area contributed by atoms with Gasteiger partial charge in [-0.05, 0) is 25.0 Å². The quantitative estimate of drug-likeness (QED) is 0.356. The minimum Gasteiger partial charge on any atom is -0.490 e. The average molecular weight is 477 g/mol. The number of benzene rings is 2. The fourth-order valence-corrected chi connectivity index (χ4v) is 3.92. The van der Waals surface area contributed by atoms with Gasteiger partial charge in [-0.2, -0.15) is 0 Å². The van der Waals surface area contributed by atoms with E-state index < -0.39 is 12.2 Å². The number of ether oxygens (including phenoxy) is 6. The highest BCUT2D eigenvalue weighted by atomic mass is 16.6. The first-order valence-electron chi connectivity index (χ1n) is 12.2. The van der Waals surface area contributed by atoms with E-state index in [0.717, 1.165) is 46.4 Å². The smallest absolute Gasteiger partial charge is 0.130 e. The molecule has 2 aliphatic heterocycles. The van der Waals surface area contributed by atoms with Crippen molar-refractivity contribution in [2.45, 2.75) is 51.1 Å². The summed E-state index contributed by atoms with van der Waals surface area (Å²) in [5.41, 5.74) is 1.93. The van der Waals surface area contributed by atoms with Gasteiger partial charge in [0, 0.05) is 36.8 Å². The van der Waals surface area contributed by atoms with Crippen LogP contribution in [0.5, 0.6) is 11.5 Å². The van der Waals surface area contributed by atoms with Gasteiger partial charge in [0.05, 0.1) is 38.6 Å². The van der Waals surface area contributed by atoms with E-state index in [2.05, 4.69) is 0 Å². The van der Waals surface area contributed by atoms with Crippen LogP contribution in [0.3, 0.4) is 0 Å². The van der Waals surface area contributed by atoms with Crippen LogP contribution in [-0.2, 0) is 31.8 Å². The number of rotatable bonds is 16. The number of aliphatic hydroxyl groups is 2. The maximum atomic E-state index is 10.5. The average Bonchev–Trinajstić information content (AvgIpc) is 3.76. The van der Waals surface area contributed by atoms with Gasteiger partial charge in [0.15, 0.2) is 0 Å². The van der Waals surface area contributed by atoms with Crippen LogP contribution in [0.4, 0.5) is 0 Å². The third kappa shape index (κ3) is 7.04. The molecule has 4 rings (SSSR count). The van der Waals surface area contributed by atoms with Crippen LogP contribution in [0, 0.1) is 0 Å². The van der Waals surface area contributed by atoms with Gasteiger partial charge in [0.1, 0.15) is 36.9 Å². The summed E-state index contributed by atoms with van der Waals surface area (Å²) >= 11 is 0. The van der Waals surface area contributed by atoms with Crippen LogP contribution in [0.1, 0.15) is 25.0 Å². The van der Waals surface area contributed by atoms with Crippen molar-refractivity contribution in [3.63, 3.8) is 0 Å². The molecule has 188 valence electrons. The van der Waals surface area contributed by atoms with Gasteiger partial charge in [-0.25, -0.2) is 0 Å². The Balaban J connectivity index is 1.64. The molecule has 0 aromatic heterocycles. The van der Waals surface area contributed by atoms with Gasteiger partial charge in [0.25, 0.3) is 0 Å². The predicted octanol–water partition coefficient (Wildman–Crippen LogP) is 2.27. The molecule has 8 nitrogen and oxygen atoms in total. The standard InChI is InChI=1S/C26H36O8/c1-3-29-11-19(27)9-17-5-7-24-23(25(17)34-16-22-15-32-22)8-6-18(10-21-14-31-21)26(24)33-13-20(28)12-30-4-2/h5-8,19-22,27-28H,3-4,9-16H2,1-2H3. The Morgan fingerprint density at radius 3 is 2.00 bits per heavy atom. The first-order chi connectivity index (χ1) is 16.6. The van der Waals surface area contributed by atoms with Crippen LogP contribution < -0.4 is 9.47 Å². The molecule has 0 spiro atoms. The lowest BCUT2D eigenvalue weighted by Gasteiger charge is -2.20. The van der Waals surface area contributed by atoms with E-state index in [9.17, 15) is 10.2 Å². The zero-order valence-corrected chi connectivity index (χ0v) is 20.0. The molecule has 0 amide bonds. The van der Waals surface area contributed by atoms with E-state index >= 15 is 0 Å². The number of fused-ring (bicyclic) bond motifs is 1. The highest BCUT2D eigenvalue weighted by molar-refractivity contribution is 5.95. The molecule has 4 atom stereocenters. The van der Waals surface area contributed by atoms with Crippen LogP contribution >= 0.6 is 0 Å². The highest BCUT2D eigenvalue weighted by Crippen LogP contribution is 2.39. The summed E-state index contributed by atoms with van der Waals surface area (Å²) in [6.45, 7) is 7.41. The normalized spacial score (nSPS) is 20.8. The van der Waals surface area contributed by atoms with Crippen molar-refractivity contribution < 1.29 is 38.6 Å². The lowest BCUT2D eigenvalue weighted by Crippen LogP contribution is -2.24. The van der Waals surface area contributed by atoms with Gasteiger partial charge >= 0.3 is 0 Å². The zero-order valence-electron chi connectivity index (χ0n) is 20.0. The molecule has 34 heavy (non-hydrogen) atoms. The maximum absolute atomic E-state index is 10.5. The molecule has 2 saturated heterocycles. The van der Waals surface area contributed by atoms with Crippen molar-refractivity contribution in [1.29, 1.82) is 0 Å². The number of hydrogen-bond donors (Lipinski definition) is 2. The van der Waals surface area contributed by atoms with Crippen molar-refractivity contribution >= 4 is 10.8 Å². The maximum Gasteiger partial charge on any atom is 0.130 e. The summed E-state index contributed by atoms with van der Waals surface area (Å²) in [7, 11) is 0. The molecule has 2 aromatic rings. The Morgan fingerprint density at radius 1 is 0.794 bits per heavy atom. The molecule has 0 aliphatic carbocycles. The third-order valence-electron chi connectivity index (χ3n) is 5.84. The molecule has 0 bridgehead atoms. The van der Waals surface area contributed by atoms with Crippen LogP contribution in [-0.4, -0.2) is 87.5 Å². The Kier molecular flexibility index (Phi) is 8.99. The van der Waals surface area contributed by atoms with E-state index in [0.29, 0.717) is 32.8 Å². The molecule has 0 saturated carbocycles. The molecule has 2 heterocycles. The van der Waals surface area contributed by atoms with E-state index in [1.807, 2.05) is 38.1 Å². The minimum absolute atomic E-state index is 0.104. The van der Waals surface area contributed by atoms with Gasteiger partial charge in [-0.3, -0.25) is 0 Å². The molecule has 8 heteroatoms. The first kappa shape index (κ1) is 25.2. The Labute approximate surface area is 200 Å². The fourth-order valence-electron chi connectivity index (χ4n) is 3.92. The van der Waals surface area contributed by atoms with Gasteiger partial charge in [0.2, 0.25) is 0 Å². The monoisotopic (exact) mass is 476 g/mol. The molecule has 2 aromatic carbocycles. The van der Waals surface area contributed by atoms with Crippen LogP contribution in [0.25, 0.3) is 10.8 Å². The van der Waals surface area contributed by atoms with Crippen molar-refractivity contribution in [3.05, 3.63) is 35.4 Å². The fraction of sp³-hybridized carbons (Fsp3) is 0.615. The lowest BCUT2D eigenvalue weighted by atomic mass is 9.97. The summed E-state index contributed by atoms with van der Waals surface area (Å²) in [5.74, 6) is 1.44. The largest absolute Gasteiger partial charge is 0.490 e. The molecule has 2 fully saturated rings. The third-order valence-corrected chi connectivity index (χ3v) is 5.84. The van der Waals surface area contributed by atoms with Gasteiger partial charge in [-0.15, -0.1) is 0 Å². The van der Waals surface area contributed by atoms with Crippen LogP contribution in [0.15, 0.2) is 24.3 Å². The van der Waals surface area contributed by atoms with Gasteiger partial charge in [-0.1, -0.05) is 24.3 Å². The summed E-state index contributed by atoms with van der Waals surface area (Å²) in [5, 5.41) is 22.5. The summed E-state index contributed by atoms with van der Waals surface area (Å²) in [6, 6.07) is 8.05. The molecular weight excluding hydrogens is 440 g/mol.